The molecule has 0 aromatic heterocycles. The number of nitro groups is 1. The van der Waals surface area contributed by atoms with E-state index in [4.69, 9.17) is 14.2 Å². The molecule has 0 aliphatic carbocycles. The molecule has 2 aromatic rings. The van der Waals surface area contributed by atoms with Gasteiger partial charge in [-0.25, -0.2) is 0 Å². The Morgan fingerprint density at radius 3 is 2.10 bits per heavy atom. The Labute approximate surface area is 169 Å². The second-order valence-electron chi connectivity index (χ2n) is 6.54. The molecule has 2 aromatic carbocycles. The molecule has 0 fully saturated rings. The van der Waals surface area contributed by atoms with E-state index < -0.39 is 16.5 Å². The van der Waals surface area contributed by atoms with Crippen LogP contribution in [0, 0.1) is 10.1 Å². The number of benzene rings is 2. The van der Waals surface area contributed by atoms with Crippen molar-refractivity contribution in [3.63, 3.8) is 0 Å². The summed E-state index contributed by atoms with van der Waals surface area (Å²) >= 11 is 0. The minimum absolute atomic E-state index is 0.0507. The van der Waals surface area contributed by atoms with Gasteiger partial charge < -0.3 is 24.4 Å². The highest BCUT2D eigenvalue weighted by Gasteiger charge is 2.32. The topological polar surface area (TPSA) is 103 Å². The molecule has 0 atom stereocenters. The van der Waals surface area contributed by atoms with E-state index in [2.05, 4.69) is 10.2 Å². The summed E-state index contributed by atoms with van der Waals surface area (Å²) in [6, 6.07) is 9.03. The minimum Gasteiger partial charge on any atom is -0.493 e. The molecule has 156 valence electrons. The lowest BCUT2D eigenvalue weighted by Gasteiger charge is -2.15. The molecule has 0 aliphatic heterocycles. The van der Waals surface area contributed by atoms with Crippen LogP contribution in [-0.2, 0) is 13.1 Å². The fourth-order valence-corrected chi connectivity index (χ4v) is 2.90. The van der Waals surface area contributed by atoms with Crippen molar-refractivity contribution in [2.45, 2.75) is 13.1 Å². The first-order chi connectivity index (χ1) is 13.8. The van der Waals surface area contributed by atoms with Gasteiger partial charge in [-0.1, -0.05) is 24.3 Å². The lowest BCUT2D eigenvalue weighted by molar-refractivity contribution is -0.386. The summed E-state index contributed by atoms with van der Waals surface area (Å²) in [5.74, 6) is -0.578. The van der Waals surface area contributed by atoms with Crippen LogP contribution in [0.1, 0.15) is 21.5 Å². The van der Waals surface area contributed by atoms with Crippen LogP contribution in [-0.4, -0.2) is 51.2 Å². The minimum atomic E-state index is -0.675. The van der Waals surface area contributed by atoms with Gasteiger partial charge in [-0.3, -0.25) is 14.9 Å². The number of nitro benzene ring substituents is 1. The van der Waals surface area contributed by atoms with Gasteiger partial charge in [0.05, 0.1) is 26.3 Å². The van der Waals surface area contributed by atoms with Gasteiger partial charge in [-0.2, -0.15) is 0 Å². The Hall–Kier alpha value is -3.33. The second-order valence-corrected chi connectivity index (χ2v) is 6.54. The van der Waals surface area contributed by atoms with Gasteiger partial charge in [0.15, 0.2) is 5.75 Å². The molecule has 0 heterocycles. The smallest absolute Gasteiger partial charge is 0.327 e. The largest absolute Gasteiger partial charge is 0.493 e. The summed E-state index contributed by atoms with van der Waals surface area (Å²) < 4.78 is 15.5. The third-order valence-electron chi connectivity index (χ3n) is 4.21. The lowest BCUT2D eigenvalue weighted by Crippen LogP contribution is -2.24. The molecular weight excluding hydrogens is 378 g/mol. The van der Waals surface area contributed by atoms with Crippen molar-refractivity contribution < 1.29 is 23.9 Å². The van der Waals surface area contributed by atoms with Gasteiger partial charge in [0.2, 0.25) is 11.5 Å². The maximum atomic E-state index is 12.7. The number of amides is 1. The third-order valence-corrected chi connectivity index (χ3v) is 4.21. The Kier molecular flexibility index (Phi) is 7.38. The van der Waals surface area contributed by atoms with E-state index >= 15 is 0 Å². The maximum Gasteiger partial charge on any atom is 0.327 e. The van der Waals surface area contributed by atoms with E-state index in [1.807, 2.05) is 38.4 Å². The van der Waals surface area contributed by atoms with Gasteiger partial charge in [-0.05, 0) is 25.2 Å². The monoisotopic (exact) mass is 403 g/mol. The van der Waals surface area contributed by atoms with Crippen LogP contribution in [0.15, 0.2) is 30.3 Å². The Bertz CT molecular complexity index is 881. The Balaban J connectivity index is 2.29. The molecule has 1 amide bonds. The molecule has 0 bridgehead atoms. The first-order valence-corrected chi connectivity index (χ1v) is 8.80. The number of hydrogen-bond donors (Lipinski definition) is 1. The van der Waals surface area contributed by atoms with Crippen LogP contribution in [0.4, 0.5) is 5.69 Å². The molecule has 9 nitrogen and oxygen atoms in total. The highest BCUT2D eigenvalue weighted by atomic mass is 16.6. The van der Waals surface area contributed by atoms with Crippen LogP contribution < -0.4 is 19.5 Å². The van der Waals surface area contributed by atoms with E-state index in [0.29, 0.717) is 0 Å². The van der Waals surface area contributed by atoms with Crippen molar-refractivity contribution in [2.75, 3.05) is 35.4 Å². The van der Waals surface area contributed by atoms with Crippen LogP contribution in [0.2, 0.25) is 0 Å². The molecule has 0 spiro atoms. The number of carbonyl (C=O) groups excluding carboxylic acids is 1. The Morgan fingerprint density at radius 2 is 1.62 bits per heavy atom. The number of carbonyl (C=O) groups is 1. The number of rotatable bonds is 9. The average molecular weight is 403 g/mol. The van der Waals surface area contributed by atoms with E-state index in [-0.39, 0.29) is 29.4 Å². The summed E-state index contributed by atoms with van der Waals surface area (Å²) in [5.41, 5.74) is 1.36. The first kappa shape index (κ1) is 22.0. The SMILES string of the molecule is COc1cc(C(=O)NCc2ccc(CN(C)C)cc2)c([N+](=O)[O-])c(OC)c1OC. The molecule has 0 saturated heterocycles. The van der Waals surface area contributed by atoms with Crippen molar-refractivity contribution in [1.29, 1.82) is 0 Å². The summed E-state index contributed by atoms with van der Waals surface area (Å²) in [6.45, 7) is 1.03. The normalized spacial score (nSPS) is 10.6. The maximum absolute atomic E-state index is 12.7. The van der Waals surface area contributed by atoms with E-state index in [0.717, 1.165) is 17.7 Å². The molecule has 2 rings (SSSR count). The number of nitrogens with one attached hydrogen (secondary N) is 1. The lowest BCUT2D eigenvalue weighted by atomic mass is 10.1. The van der Waals surface area contributed by atoms with Crippen molar-refractivity contribution >= 4 is 11.6 Å². The van der Waals surface area contributed by atoms with Crippen LogP contribution >= 0.6 is 0 Å². The predicted molar refractivity (Wildman–Crippen MR) is 108 cm³/mol. The molecule has 29 heavy (non-hydrogen) atoms. The zero-order chi connectivity index (χ0) is 21.6. The van der Waals surface area contributed by atoms with E-state index in [1.165, 1.54) is 27.4 Å². The number of ether oxygens (including phenoxy) is 3. The fourth-order valence-electron chi connectivity index (χ4n) is 2.90. The van der Waals surface area contributed by atoms with E-state index in [1.54, 1.807) is 0 Å². The highest BCUT2D eigenvalue weighted by molar-refractivity contribution is 6.00. The van der Waals surface area contributed by atoms with Crippen molar-refractivity contribution in [3.05, 3.63) is 57.1 Å². The summed E-state index contributed by atoms with van der Waals surface area (Å²) in [7, 11) is 7.95. The van der Waals surface area contributed by atoms with Crippen LogP contribution in [0.3, 0.4) is 0 Å². The van der Waals surface area contributed by atoms with Crippen molar-refractivity contribution in [2.24, 2.45) is 0 Å². The Morgan fingerprint density at radius 1 is 1.03 bits per heavy atom. The second kappa shape index (κ2) is 9.74. The first-order valence-electron chi connectivity index (χ1n) is 8.80. The van der Waals surface area contributed by atoms with Crippen LogP contribution in [0.25, 0.3) is 0 Å². The molecular formula is C20H25N3O6. The highest BCUT2D eigenvalue weighted by Crippen LogP contribution is 2.46. The summed E-state index contributed by atoms with van der Waals surface area (Å²) in [5, 5.41) is 14.3. The van der Waals surface area contributed by atoms with Gasteiger partial charge in [-0.15, -0.1) is 0 Å². The number of methoxy groups -OCH3 is 3. The summed E-state index contributed by atoms with van der Waals surface area (Å²) in [6.07, 6.45) is 0. The van der Waals surface area contributed by atoms with Gasteiger partial charge in [0, 0.05) is 19.2 Å². The van der Waals surface area contributed by atoms with Gasteiger partial charge in [0.1, 0.15) is 5.56 Å². The molecule has 0 radical (unpaired) electrons. The average Bonchev–Trinajstić information content (AvgIpc) is 2.70. The molecule has 1 N–H and O–H groups in total. The van der Waals surface area contributed by atoms with Crippen molar-refractivity contribution in [3.8, 4) is 17.2 Å². The summed E-state index contributed by atoms with van der Waals surface area (Å²) in [4.78, 5) is 25.7. The zero-order valence-electron chi connectivity index (χ0n) is 17.1. The fraction of sp³-hybridized carbons (Fsp3) is 0.350. The molecule has 0 saturated carbocycles. The van der Waals surface area contributed by atoms with Crippen molar-refractivity contribution in [1.82, 2.24) is 10.2 Å². The molecule has 9 heteroatoms. The quantitative estimate of drug-likeness (QED) is 0.507. The number of hydrogen-bond acceptors (Lipinski definition) is 7. The third kappa shape index (κ3) is 5.14. The van der Waals surface area contributed by atoms with Gasteiger partial charge >= 0.3 is 5.69 Å². The zero-order valence-corrected chi connectivity index (χ0v) is 17.1. The molecule has 0 unspecified atom stereocenters. The van der Waals surface area contributed by atoms with Gasteiger partial charge in [0.25, 0.3) is 5.91 Å². The van der Waals surface area contributed by atoms with E-state index in [9.17, 15) is 14.9 Å². The predicted octanol–water partition coefficient (Wildman–Crippen LogP) is 2.61. The molecule has 0 aliphatic rings. The van der Waals surface area contributed by atoms with Crippen LogP contribution in [0.5, 0.6) is 17.2 Å². The number of nitrogens with zero attached hydrogens (tertiary/aromatic N) is 2. The standard InChI is InChI=1S/C20H25N3O6/c1-22(2)12-14-8-6-13(7-9-14)11-21-20(24)15-10-16(27-3)18(28-4)19(29-5)17(15)23(25)26/h6-10H,11-12H2,1-5H3,(H,21,24).